The molecule has 0 radical (unpaired) electrons. The summed E-state index contributed by atoms with van der Waals surface area (Å²) >= 11 is 1.07. The maximum absolute atomic E-state index is 13.4. The number of hydrogen-bond acceptors (Lipinski definition) is 3. The summed E-state index contributed by atoms with van der Waals surface area (Å²) in [6, 6.07) is 5.61. The standard InChI is InChI=1S/C13H17FN2O2S/c1-8(2)15-13(18)16-12(17)9(3)19-11-7-5-4-6-10(11)14/h4-9H,1-3H3,(H2,15,16,17,18)/t9-/m0/s1. The van der Waals surface area contributed by atoms with Gasteiger partial charge in [0.2, 0.25) is 5.91 Å². The van der Waals surface area contributed by atoms with Crippen LogP contribution in [-0.2, 0) is 4.79 Å². The number of halogens is 1. The number of benzene rings is 1. The monoisotopic (exact) mass is 284 g/mol. The number of carbonyl (C=O) groups is 2. The highest BCUT2D eigenvalue weighted by Gasteiger charge is 2.18. The Labute approximate surface area is 116 Å². The molecule has 0 aliphatic carbocycles. The van der Waals surface area contributed by atoms with E-state index in [9.17, 15) is 14.0 Å². The van der Waals surface area contributed by atoms with Crippen LogP contribution in [0.5, 0.6) is 0 Å². The van der Waals surface area contributed by atoms with E-state index in [0.29, 0.717) is 4.90 Å². The summed E-state index contributed by atoms with van der Waals surface area (Å²) in [7, 11) is 0. The van der Waals surface area contributed by atoms with Gasteiger partial charge < -0.3 is 5.32 Å². The third-order valence-electron chi connectivity index (χ3n) is 2.17. The van der Waals surface area contributed by atoms with E-state index in [4.69, 9.17) is 0 Å². The van der Waals surface area contributed by atoms with E-state index in [1.807, 2.05) is 0 Å². The molecule has 0 aliphatic rings. The molecule has 4 nitrogen and oxygen atoms in total. The van der Waals surface area contributed by atoms with Crippen molar-refractivity contribution in [3.63, 3.8) is 0 Å². The molecule has 0 spiro atoms. The molecule has 0 bridgehead atoms. The predicted octanol–water partition coefficient (Wildman–Crippen LogP) is 2.54. The summed E-state index contributed by atoms with van der Waals surface area (Å²) in [5.74, 6) is -0.829. The van der Waals surface area contributed by atoms with Gasteiger partial charge in [-0.15, -0.1) is 11.8 Å². The third kappa shape index (κ3) is 5.30. The van der Waals surface area contributed by atoms with Crippen LogP contribution in [0.25, 0.3) is 0 Å². The molecule has 1 rings (SSSR count). The van der Waals surface area contributed by atoms with E-state index in [0.717, 1.165) is 11.8 Å². The van der Waals surface area contributed by atoms with Gasteiger partial charge in [-0.05, 0) is 32.9 Å². The first-order valence-corrected chi connectivity index (χ1v) is 6.80. The van der Waals surface area contributed by atoms with Gasteiger partial charge in [-0.25, -0.2) is 9.18 Å². The fraction of sp³-hybridized carbons (Fsp3) is 0.385. The van der Waals surface area contributed by atoms with E-state index < -0.39 is 17.2 Å². The van der Waals surface area contributed by atoms with Crippen molar-refractivity contribution in [3.8, 4) is 0 Å². The Morgan fingerprint density at radius 1 is 1.21 bits per heavy atom. The van der Waals surface area contributed by atoms with Gasteiger partial charge in [0.25, 0.3) is 0 Å². The van der Waals surface area contributed by atoms with Gasteiger partial charge in [-0.2, -0.15) is 0 Å². The molecule has 1 aromatic rings. The Bertz CT molecular complexity index is 466. The first kappa shape index (κ1) is 15.5. The SMILES string of the molecule is CC(C)NC(=O)NC(=O)[C@H](C)Sc1ccccc1F. The average Bonchev–Trinajstić information content (AvgIpc) is 2.30. The van der Waals surface area contributed by atoms with Crippen LogP contribution in [0.3, 0.4) is 0 Å². The van der Waals surface area contributed by atoms with Crippen LogP contribution in [0.1, 0.15) is 20.8 Å². The molecule has 0 aromatic heterocycles. The van der Waals surface area contributed by atoms with E-state index in [-0.39, 0.29) is 11.9 Å². The number of carbonyl (C=O) groups excluding carboxylic acids is 2. The van der Waals surface area contributed by atoms with Gasteiger partial charge in [0, 0.05) is 10.9 Å². The van der Waals surface area contributed by atoms with E-state index >= 15 is 0 Å². The maximum Gasteiger partial charge on any atom is 0.321 e. The first-order chi connectivity index (χ1) is 8.90. The molecule has 0 aliphatic heterocycles. The molecule has 3 amide bonds. The van der Waals surface area contributed by atoms with Crippen LogP contribution in [0.2, 0.25) is 0 Å². The zero-order valence-electron chi connectivity index (χ0n) is 11.1. The van der Waals surface area contributed by atoms with Crippen molar-refractivity contribution in [2.75, 3.05) is 0 Å². The Hall–Kier alpha value is -1.56. The normalized spacial score (nSPS) is 12.1. The largest absolute Gasteiger partial charge is 0.336 e. The molecule has 2 N–H and O–H groups in total. The summed E-state index contributed by atoms with van der Waals surface area (Å²) in [5, 5.41) is 4.21. The zero-order valence-corrected chi connectivity index (χ0v) is 11.9. The lowest BCUT2D eigenvalue weighted by molar-refractivity contribution is -0.119. The predicted molar refractivity (Wildman–Crippen MR) is 73.5 cm³/mol. The Morgan fingerprint density at radius 2 is 1.84 bits per heavy atom. The molecule has 0 heterocycles. The summed E-state index contributed by atoms with van der Waals surface area (Å²) in [6.07, 6.45) is 0. The van der Waals surface area contributed by atoms with Crippen LogP contribution in [0.15, 0.2) is 29.2 Å². The van der Waals surface area contributed by atoms with Crippen LogP contribution in [0.4, 0.5) is 9.18 Å². The first-order valence-electron chi connectivity index (χ1n) is 5.92. The third-order valence-corrected chi connectivity index (χ3v) is 3.32. The van der Waals surface area contributed by atoms with Crippen molar-refractivity contribution in [2.24, 2.45) is 0 Å². The second-order valence-electron chi connectivity index (χ2n) is 4.31. The molecule has 0 fully saturated rings. The summed E-state index contributed by atoms with van der Waals surface area (Å²) in [5.41, 5.74) is 0. The number of imide groups is 1. The Morgan fingerprint density at radius 3 is 2.42 bits per heavy atom. The van der Waals surface area contributed by atoms with Crippen LogP contribution >= 0.6 is 11.8 Å². The zero-order chi connectivity index (χ0) is 14.4. The van der Waals surface area contributed by atoms with Crippen molar-refractivity contribution in [1.82, 2.24) is 10.6 Å². The highest BCUT2D eigenvalue weighted by Crippen LogP contribution is 2.25. The molecule has 0 saturated heterocycles. The molecule has 104 valence electrons. The summed E-state index contributed by atoms with van der Waals surface area (Å²) < 4.78 is 13.4. The Kier molecular flexibility index (Phi) is 5.82. The molecule has 19 heavy (non-hydrogen) atoms. The quantitative estimate of drug-likeness (QED) is 0.835. The van der Waals surface area contributed by atoms with Gasteiger partial charge in [0.15, 0.2) is 0 Å². The minimum atomic E-state index is -0.560. The second kappa shape index (κ2) is 7.13. The fourth-order valence-electron chi connectivity index (χ4n) is 1.30. The van der Waals surface area contributed by atoms with Crippen molar-refractivity contribution >= 4 is 23.7 Å². The maximum atomic E-state index is 13.4. The van der Waals surface area contributed by atoms with Crippen LogP contribution in [-0.4, -0.2) is 23.2 Å². The highest BCUT2D eigenvalue weighted by molar-refractivity contribution is 8.00. The van der Waals surface area contributed by atoms with Gasteiger partial charge in [-0.3, -0.25) is 10.1 Å². The number of amides is 3. The fourth-order valence-corrected chi connectivity index (χ4v) is 2.18. The molecule has 1 atom stereocenters. The molecular weight excluding hydrogens is 267 g/mol. The van der Waals surface area contributed by atoms with Crippen molar-refractivity contribution in [2.45, 2.75) is 37.0 Å². The lowest BCUT2D eigenvalue weighted by Gasteiger charge is -2.13. The van der Waals surface area contributed by atoms with Gasteiger partial charge in [0.05, 0.1) is 5.25 Å². The van der Waals surface area contributed by atoms with Crippen LogP contribution in [0, 0.1) is 5.82 Å². The molecule has 0 saturated carbocycles. The number of thioether (sulfide) groups is 1. The minimum Gasteiger partial charge on any atom is -0.336 e. The molecule has 1 aromatic carbocycles. The molecule has 6 heteroatoms. The number of rotatable bonds is 4. The van der Waals surface area contributed by atoms with Gasteiger partial charge in [-0.1, -0.05) is 12.1 Å². The van der Waals surface area contributed by atoms with Crippen molar-refractivity contribution < 1.29 is 14.0 Å². The molecule has 0 unspecified atom stereocenters. The van der Waals surface area contributed by atoms with E-state index in [1.54, 1.807) is 39.0 Å². The van der Waals surface area contributed by atoms with E-state index in [1.165, 1.54) is 6.07 Å². The minimum absolute atomic E-state index is 0.0534. The van der Waals surface area contributed by atoms with Gasteiger partial charge >= 0.3 is 6.03 Å². The highest BCUT2D eigenvalue weighted by atomic mass is 32.2. The van der Waals surface area contributed by atoms with E-state index in [2.05, 4.69) is 10.6 Å². The number of nitrogens with one attached hydrogen (secondary N) is 2. The van der Waals surface area contributed by atoms with Crippen molar-refractivity contribution in [3.05, 3.63) is 30.1 Å². The number of urea groups is 1. The second-order valence-corrected chi connectivity index (χ2v) is 5.69. The lowest BCUT2D eigenvalue weighted by atomic mass is 10.3. The summed E-state index contributed by atoms with van der Waals surface area (Å²) in [6.45, 7) is 5.21. The number of hydrogen-bond donors (Lipinski definition) is 2. The Balaban J connectivity index is 2.54. The summed E-state index contributed by atoms with van der Waals surface area (Å²) in [4.78, 5) is 23.5. The van der Waals surface area contributed by atoms with Crippen molar-refractivity contribution in [1.29, 1.82) is 0 Å². The van der Waals surface area contributed by atoms with Crippen LogP contribution < -0.4 is 10.6 Å². The smallest absolute Gasteiger partial charge is 0.321 e. The molecular formula is C13H17FN2O2S. The lowest BCUT2D eigenvalue weighted by Crippen LogP contribution is -2.45. The van der Waals surface area contributed by atoms with Gasteiger partial charge in [0.1, 0.15) is 5.82 Å². The average molecular weight is 284 g/mol. The topological polar surface area (TPSA) is 58.2 Å².